The van der Waals surface area contributed by atoms with Gasteiger partial charge in [0.1, 0.15) is 0 Å². The molecule has 0 saturated heterocycles. The van der Waals surface area contributed by atoms with Gasteiger partial charge in [0, 0.05) is 21.6 Å². The summed E-state index contributed by atoms with van der Waals surface area (Å²) in [5.41, 5.74) is 1.28. The molecule has 6 nitrogen and oxygen atoms in total. The molecule has 7 heteroatoms. The minimum Gasteiger partial charge on any atom is -0.493 e. The van der Waals surface area contributed by atoms with Gasteiger partial charge in [0.05, 0.1) is 10.9 Å². The number of para-hydroxylation sites is 1. The Morgan fingerprint density at radius 3 is 2.85 bits per heavy atom. The first-order valence-corrected chi connectivity index (χ1v) is 8.65. The number of allylic oxidation sites excluding steroid dienone is 1. The Bertz CT molecular complexity index is 1220. The number of amides is 1. The highest BCUT2D eigenvalue weighted by Crippen LogP contribution is 2.39. The van der Waals surface area contributed by atoms with E-state index >= 15 is 0 Å². The second-order valence-electron chi connectivity index (χ2n) is 5.72. The summed E-state index contributed by atoms with van der Waals surface area (Å²) in [7, 11) is 0. The van der Waals surface area contributed by atoms with Crippen LogP contribution in [0.2, 0.25) is 0 Å². The van der Waals surface area contributed by atoms with Crippen molar-refractivity contribution in [1.82, 2.24) is 4.57 Å². The number of fused-ring (bicyclic) bond motifs is 2. The molecule has 1 aromatic heterocycles. The second-order valence-corrected chi connectivity index (χ2v) is 6.63. The largest absolute Gasteiger partial charge is 0.493 e. The van der Waals surface area contributed by atoms with Crippen molar-refractivity contribution in [1.29, 1.82) is 0 Å². The third-order valence-corrected chi connectivity index (χ3v) is 4.61. The molecular formula is C19H13BrN4O2. The first-order valence-electron chi connectivity index (χ1n) is 7.86. The Balaban J connectivity index is 1.90. The molecule has 2 aromatic carbocycles. The van der Waals surface area contributed by atoms with Crippen molar-refractivity contribution in [3.8, 4) is 5.88 Å². The maximum absolute atomic E-state index is 12.2. The molecule has 1 aliphatic heterocycles. The molecule has 128 valence electrons. The van der Waals surface area contributed by atoms with Crippen LogP contribution < -0.4 is 10.6 Å². The standard InChI is InChI=1S/C19H13BrN4O2/c1-2-9-24-15-6-4-3-5-12(15)17(19(24)26)23-22-16-13-10-11(20)7-8-14(13)21-18(16)25/h2-8,10,26H,1,9H2. The second kappa shape index (κ2) is 6.34. The number of nitrogens with zero attached hydrogens (tertiary/aromatic N) is 4. The van der Waals surface area contributed by atoms with Gasteiger partial charge in [0.25, 0.3) is 5.91 Å². The fraction of sp³-hybridized carbons (Fsp3) is 0.0526. The summed E-state index contributed by atoms with van der Waals surface area (Å²) in [5.74, 6) is -0.469. The topological polar surface area (TPSA) is 79.3 Å². The zero-order chi connectivity index (χ0) is 18.3. The summed E-state index contributed by atoms with van der Waals surface area (Å²) in [4.78, 5) is 16.1. The Labute approximate surface area is 156 Å². The van der Waals surface area contributed by atoms with Gasteiger partial charge < -0.3 is 9.67 Å². The van der Waals surface area contributed by atoms with E-state index in [-0.39, 0.29) is 11.6 Å². The highest BCUT2D eigenvalue weighted by molar-refractivity contribution is 9.10. The summed E-state index contributed by atoms with van der Waals surface area (Å²) in [5, 5.41) is 20.8. The van der Waals surface area contributed by atoms with E-state index < -0.39 is 5.91 Å². The molecule has 3 aromatic rings. The normalized spacial score (nSPS) is 13.4. The molecule has 1 aliphatic rings. The number of halogens is 1. The van der Waals surface area contributed by atoms with Gasteiger partial charge in [-0.3, -0.25) is 4.79 Å². The predicted octanol–water partition coefficient (Wildman–Crippen LogP) is 3.35. The lowest BCUT2D eigenvalue weighted by Crippen LogP contribution is -2.22. The van der Waals surface area contributed by atoms with Gasteiger partial charge in [-0.25, -0.2) is 4.99 Å². The molecule has 0 spiro atoms. The van der Waals surface area contributed by atoms with Gasteiger partial charge in [-0.15, -0.1) is 16.8 Å². The Hall–Kier alpha value is -3.06. The summed E-state index contributed by atoms with van der Waals surface area (Å²) >= 11 is 3.38. The molecule has 0 unspecified atom stereocenters. The number of hydrogen-bond acceptors (Lipinski definition) is 4. The van der Waals surface area contributed by atoms with E-state index in [0.717, 1.165) is 15.4 Å². The number of azo groups is 1. The Morgan fingerprint density at radius 2 is 2.04 bits per heavy atom. The van der Waals surface area contributed by atoms with Gasteiger partial charge in [-0.05, 0) is 24.3 Å². The monoisotopic (exact) mass is 408 g/mol. The van der Waals surface area contributed by atoms with Gasteiger partial charge in [0.2, 0.25) is 5.88 Å². The fourth-order valence-corrected chi connectivity index (χ4v) is 3.31. The quantitative estimate of drug-likeness (QED) is 0.530. The molecule has 4 rings (SSSR count). The zero-order valence-electron chi connectivity index (χ0n) is 13.6. The van der Waals surface area contributed by atoms with E-state index in [4.69, 9.17) is 0 Å². The summed E-state index contributed by atoms with van der Waals surface area (Å²) in [6.07, 6.45) is 1.69. The number of rotatable bonds is 4. The van der Waals surface area contributed by atoms with Crippen LogP contribution in [0.1, 0.15) is 0 Å². The maximum atomic E-state index is 12.2. The molecule has 0 bridgehead atoms. The number of carbonyl (C=O) groups excluding carboxylic acids is 1. The first-order chi connectivity index (χ1) is 12.6. The lowest BCUT2D eigenvalue weighted by molar-refractivity contribution is -0.112. The molecule has 1 N–H and O–H groups in total. The lowest BCUT2D eigenvalue weighted by atomic mass is 10.2. The van der Waals surface area contributed by atoms with E-state index in [1.54, 1.807) is 22.8 Å². The van der Waals surface area contributed by atoms with Crippen molar-refractivity contribution in [3.05, 3.63) is 70.2 Å². The maximum Gasteiger partial charge on any atom is 0.298 e. The van der Waals surface area contributed by atoms with Crippen molar-refractivity contribution in [2.75, 3.05) is 0 Å². The van der Waals surface area contributed by atoms with Crippen LogP contribution in [-0.2, 0) is 11.3 Å². The van der Waals surface area contributed by atoms with Crippen molar-refractivity contribution in [2.45, 2.75) is 6.54 Å². The van der Waals surface area contributed by atoms with E-state index in [2.05, 4.69) is 37.7 Å². The van der Waals surface area contributed by atoms with Crippen LogP contribution in [0.4, 0.5) is 5.69 Å². The van der Waals surface area contributed by atoms with Crippen LogP contribution in [0.3, 0.4) is 0 Å². The molecule has 0 fully saturated rings. The van der Waals surface area contributed by atoms with Gasteiger partial charge in [-0.1, -0.05) is 40.2 Å². The van der Waals surface area contributed by atoms with Crippen molar-refractivity contribution in [3.63, 3.8) is 0 Å². The van der Waals surface area contributed by atoms with Crippen molar-refractivity contribution in [2.24, 2.45) is 15.2 Å². The zero-order valence-corrected chi connectivity index (χ0v) is 15.1. The van der Waals surface area contributed by atoms with Crippen molar-refractivity contribution >= 4 is 44.1 Å². The van der Waals surface area contributed by atoms with Gasteiger partial charge >= 0.3 is 0 Å². The molecule has 0 aliphatic carbocycles. The third kappa shape index (κ3) is 2.57. The van der Waals surface area contributed by atoms with Crippen LogP contribution in [0.25, 0.3) is 16.6 Å². The number of aromatic hydroxyl groups is 1. The molecular weight excluding hydrogens is 396 g/mol. The van der Waals surface area contributed by atoms with Crippen LogP contribution in [0.5, 0.6) is 5.88 Å². The summed E-state index contributed by atoms with van der Waals surface area (Å²) < 4.78 is 2.51. The first kappa shape index (κ1) is 16.4. The van der Waals surface area contributed by atoms with E-state index in [1.807, 2.05) is 30.3 Å². The van der Waals surface area contributed by atoms with Gasteiger partial charge in [-0.2, -0.15) is 0 Å². The number of carbonyl (C=O) groups is 1. The fourth-order valence-electron chi connectivity index (χ4n) is 2.95. The molecule has 1 amide bonds. The number of hydrogen-bond donors (Lipinski definition) is 1. The van der Waals surface area contributed by atoms with Crippen LogP contribution in [-0.4, -0.2) is 15.6 Å². The summed E-state index contributed by atoms with van der Waals surface area (Å²) in [6.45, 7) is 4.15. The number of aromatic nitrogens is 1. The Kier molecular flexibility index (Phi) is 4.00. The minimum absolute atomic E-state index is 0.0210. The molecule has 0 radical (unpaired) electrons. The summed E-state index contributed by atoms with van der Waals surface area (Å²) in [6, 6.07) is 12.8. The van der Waals surface area contributed by atoms with Crippen LogP contribution in [0.15, 0.2) is 74.8 Å². The smallest absolute Gasteiger partial charge is 0.298 e. The molecule has 2 heterocycles. The average Bonchev–Trinajstić information content (AvgIpc) is 3.08. The lowest BCUT2D eigenvalue weighted by Gasteiger charge is -2.01. The third-order valence-electron chi connectivity index (χ3n) is 4.12. The van der Waals surface area contributed by atoms with E-state index in [0.29, 0.717) is 22.8 Å². The molecule has 0 saturated carbocycles. The molecule has 26 heavy (non-hydrogen) atoms. The van der Waals surface area contributed by atoms with Gasteiger partial charge in [0.15, 0.2) is 11.4 Å². The predicted molar refractivity (Wildman–Crippen MR) is 102 cm³/mol. The minimum atomic E-state index is -0.448. The van der Waals surface area contributed by atoms with E-state index in [9.17, 15) is 9.90 Å². The van der Waals surface area contributed by atoms with Crippen LogP contribution >= 0.6 is 15.9 Å². The van der Waals surface area contributed by atoms with Crippen molar-refractivity contribution < 1.29 is 9.90 Å². The van der Waals surface area contributed by atoms with Crippen LogP contribution in [0, 0.1) is 0 Å². The highest BCUT2D eigenvalue weighted by atomic mass is 79.9. The Morgan fingerprint density at radius 1 is 1.23 bits per heavy atom. The van der Waals surface area contributed by atoms with E-state index in [1.165, 1.54) is 0 Å². The molecule has 0 atom stereocenters. The SMILES string of the molecule is C=CCn1c(O)c(N=NC2=c3cc(Br)ccc3=NC2=O)c2ccccc21. The average molecular weight is 409 g/mol. The highest BCUT2D eigenvalue weighted by Gasteiger charge is 2.19. The number of benzene rings is 2.